The Morgan fingerprint density at radius 3 is 2.52 bits per heavy atom. The molecule has 0 saturated heterocycles. The minimum Gasteiger partial charge on any atom is -0.478 e. The maximum absolute atomic E-state index is 11.7. The molecule has 0 aliphatic heterocycles. The molecule has 0 fully saturated rings. The number of aromatic nitrogens is 1. The van der Waals surface area contributed by atoms with Gasteiger partial charge in [0.25, 0.3) is 5.69 Å². The first-order valence-electron chi connectivity index (χ1n) is 6.84. The van der Waals surface area contributed by atoms with Gasteiger partial charge in [0.15, 0.2) is 0 Å². The lowest BCUT2D eigenvalue weighted by Crippen LogP contribution is -2.11. The summed E-state index contributed by atoms with van der Waals surface area (Å²) in [5.41, 5.74) is 1.76. The summed E-state index contributed by atoms with van der Waals surface area (Å²) < 4.78 is 5.14. The zero-order valence-electron chi connectivity index (χ0n) is 13.0. The van der Waals surface area contributed by atoms with Gasteiger partial charge in [0.1, 0.15) is 0 Å². The van der Waals surface area contributed by atoms with Crippen LogP contribution in [0.3, 0.4) is 0 Å². The molecule has 23 heavy (non-hydrogen) atoms. The number of ether oxygens (including phenoxy) is 1. The molecule has 7 nitrogen and oxygen atoms in total. The Kier molecular flexibility index (Phi) is 4.71. The van der Waals surface area contributed by atoms with Crippen molar-refractivity contribution in [2.45, 2.75) is 20.5 Å². The van der Waals surface area contributed by atoms with Crippen LogP contribution in [-0.2, 0) is 11.3 Å². The Hall–Kier alpha value is -2.80. The average Bonchev–Trinajstić information content (AvgIpc) is 2.49. The number of benzene rings is 1. The predicted molar refractivity (Wildman–Crippen MR) is 83.5 cm³/mol. The molecule has 1 aromatic heterocycles. The molecular formula is C16H16N2O5. The van der Waals surface area contributed by atoms with Crippen LogP contribution in [0.2, 0.25) is 0 Å². The topological polar surface area (TPSA) is 103 Å². The number of hydrogen-bond acceptors (Lipinski definition) is 5. The lowest BCUT2D eigenvalue weighted by molar-refractivity contribution is -0.384. The molecule has 0 aliphatic rings. The highest BCUT2D eigenvalue weighted by Gasteiger charge is 2.26. The van der Waals surface area contributed by atoms with Gasteiger partial charge < -0.3 is 9.84 Å². The average molecular weight is 316 g/mol. The lowest BCUT2D eigenvalue weighted by atomic mass is 9.92. The summed E-state index contributed by atoms with van der Waals surface area (Å²) in [6.45, 7) is 3.41. The Morgan fingerprint density at radius 2 is 1.96 bits per heavy atom. The molecule has 120 valence electrons. The number of rotatable bonds is 5. The van der Waals surface area contributed by atoms with Crippen molar-refractivity contribution in [3.63, 3.8) is 0 Å². The van der Waals surface area contributed by atoms with E-state index >= 15 is 0 Å². The number of aryl methyl sites for hydroxylation is 2. The molecule has 2 aromatic rings. The van der Waals surface area contributed by atoms with E-state index in [1.54, 1.807) is 26.0 Å². The van der Waals surface area contributed by atoms with Gasteiger partial charge in [-0.3, -0.25) is 15.1 Å². The second-order valence-electron chi connectivity index (χ2n) is 5.02. The van der Waals surface area contributed by atoms with Crippen molar-refractivity contribution in [1.82, 2.24) is 4.98 Å². The van der Waals surface area contributed by atoms with E-state index in [2.05, 4.69) is 4.98 Å². The normalized spacial score (nSPS) is 10.6. The summed E-state index contributed by atoms with van der Waals surface area (Å²) >= 11 is 0. The largest absolute Gasteiger partial charge is 0.478 e. The molecule has 0 bridgehead atoms. The second-order valence-corrected chi connectivity index (χ2v) is 5.02. The minimum atomic E-state index is -1.18. The van der Waals surface area contributed by atoms with Gasteiger partial charge in [-0.1, -0.05) is 12.1 Å². The number of para-hydroxylation sites is 1. The predicted octanol–water partition coefficient (Wildman–Crippen LogP) is 3.12. The first-order valence-corrected chi connectivity index (χ1v) is 6.84. The van der Waals surface area contributed by atoms with E-state index in [0.29, 0.717) is 17.0 Å². The number of pyridine rings is 1. The Labute approximate surface area is 132 Å². The van der Waals surface area contributed by atoms with Crippen LogP contribution < -0.4 is 0 Å². The number of carboxylic acids is 1. The van der Waals surface area contributed by atoms with Gasteiger partial charge in [0.2, 0.25) is 0 Å². The standard InChI is InChI=1S/C16H16N2O5/c1-9-12(8-23-3)15(14(16(19)20)10(2)17-9)11-6-4-5-7-13(11)18(21)22/h4-7H,8H2,1-3H3,(H,19,20). The molecule has 1 aromatic carbocycles. The highest BCUT2D eigenvalue weighted by molar-refractivity contribution is 5.99. The molecule has 0 radical (unpaired) electrons. The molecule has 0 atom stereocenters. The van der Waals surface area contributed by atoms with Crippen molar-refractivity contribution in [2.75, 3.05) is 7.11 Å². The fraction of sp³-hybridized carbons (Fsp3) is 0.250. The third kappa shape index (κ3) is 3.04. The zero-order valence-corrected chi connectivity index (χ0v) is 13.0. The molecule has 0 spiro atoms. The molecule has 1 heterocycles. The lowest BCUT2D eigenvalue weighted by Gasteiger charge is -2.16. The van der Waals surface area contributed by atoms with E-state index in [4.69, 9.17) is 4.74 Å². The first-order chi connectivity index (χ1) is 10.9. The number of carboxylic acid groups (broad SMARTS) is 1. The van der Waals surface area contributed by atoms with E-state index < -0.39 is 10.9 Å². The van der Waals surface area contributed by atoms with E-state index in [0.717, 1.165) is 0 Å². The van der Waals surface area contributed by atoms with Crippen molar-refractivity contribution in [1.29, 1.82) is 0 Å². The van der Waals surface area contributed by atoms with Gasteiger partial charge in [0, 0.05) is 30.0 Å². The van der Waals surface area contributed by atoms with Gasteiger partial charge in [0.05, 0.1) is 28.4 Å². The number of nitro benzene ring substituents is 1. The van der Waals surface area contributed by atoms with Crippen molar-refractivity contribution in [3.05, 3.63) is 56.9 Å². The summed E-state index contributed by atoms with van der Waals surface area (Å²) in [6.07, 6.45) is 0. The minimum absolute atomic E-state index is 0.0445. The number of nitrogens with zero attached hydrogens (tertiary/aromatic N) is 2. The number of nitro groups is 1. The third-order valence-electron chi connectivity index (χ3n) is 3.56. The van der Waals surface area contributed by atoms with Gasteiger partial charge in [-0.15, -0.1) is 0 Å². The van der Waals surface area contributed by atoms with Gasteiger partial charge >= 0.3 is 5.97 Å². The molecule has 1 N–H and O–H groups in total. The van der Waals surface area contributed by atoms with E-state index in [1.165, 1.54) is 19.2 Å². The molecule has 0 amide bonds. The monoisotopic (exact) mass is 316 g/mol. The van der Waals surface area contributed by atoms with Crippen LogP contribution in [0.5, 0.6) is 0 Å². The first kappa shape index (κ1) is 16.6. The van der Waals surface area contributed by atoms with Gasteiger partial charge in [-0.2, -0.15) is 0 Å². The van der Waals surface area contributed by atoms with Crippen LogP contribution in [0.25, 0.3) is 11.1 Å². The number of hydrogen-bond donors (Lipinski definition) is 1. The van der Waals surface area contributed by atoms with Gasteiger partial charge in [-0.25, -0.2) is 4.79 Å². The van der Waals surface area contributed by atoms with E-state index in [9.17, 15) is 20.0 Å². The third-order valence-corrected chi connectivity index (χ3v) is 3.56. The highest BCUT2D eigenvalue weighted by atomic mass is 16.6. The second kappa shape index (κ2) is 6.53. The smallest absolute Gasteiger partial charge is 0.338 e. The SMILES string of the molecule is COCc1c(C)nc(C)c(C(=O)O)c1-c1ccccc1[N+](=O)[O-]. The molecule has 0 unspecified atom stereocenters. The summed E-state index contributed by atoms with van der Waals surface area (Å²) in [5.74, 6) is -1.18. The molecule has 0 aliphatic carbocycles. The maximum atomic E-state index is 11.7. The summed E-state index contributed by atoms with van der Waals surface area (Å²) in [5, 5.41) is 20.9. The van der Waals surface area contributed by atoms with Crippen LogP contribution in [0.1, 0.15) is 27.3 Å². The Bertz CT molecular complexity index is 786. The van der Waals surface area contributed by atoms with Crippen LogP contribution in [0.15, 0.2) is 24.3 Å². The number of methoxy groups -OCH3 is 1. The molecule has 7 heteroatoms. The van der Waals surface area contributed by atoms with Crippen molar-refractivity contribution in [2.24, 2.45) is 0 Å². The van der Waals surface area contributed by atoms with Crippen molar-refractivity contribution < 1.29 is 19.6 Å². The van der Waals surface area contributed by atoms with Crippen LogP contribution in [-0.4, -0.2) is 28.1 Å². The molecular weight excluding hydrogens is 300 g/mol. The zero-order chi connectivity index (χ0) is 17.1. The van der Waals surface area contributed by atoms with Crippen molar-refractivity contribution in [3.8, 4) is 11.1 Å². The summed E-state index contributed by atoms with van der Waals surface area (Å²) in [6, 6.07) is 6.06. The van der Waals surface area contributed by atoms with Crippen LogP contribution in [0, 0.1) is 24.0 Å². The summed E-state index contributed by atoms with van der Waals surface area (Å²) in [7, 11) is 1.48. The fourth-order valence-electron chi connectivity index (χ4n) is 2.61. The van der Waals surface area contributed by atoms with Crippen LogP contribution in [0.4, 0.5) is 5.69 Å². The summed E-state index contributed by atoms with van der Waals surface area (Å²) in [4.78, 5) is 26.8. The molecule has 0 saturated carbocycles. The highest BCUT2D eigenvalue weighted by Crippen LogP contribution is 2.37. The molecule has 2 rings (SSSR count). The maximum Gasteiger partial charge on any atom is 0.338 e. The van der Waals surface area contributed by atoms with Gasteiger partial charge in [-0.05, 0) is 19.9 Å². The van der Waals surface area contributed by atoms with Crippen molar-refractivity contribution >= 4 is 11.7 Å². The van der Waals surface area contributed by atoms with E-state index in [1.807, 2.05) is 0 Å². The number of carbonyl (C=O) groups is 1. The Balaban J connectivity index is 2.94. The quantitative estimate of drug-likeness (QED) is 0.671. The Morgan fingerprint density at radius 1 is 1.30 bits per heavy atom. The number of aromatic carboxylic acids is 1. The van der Waals surface area contributed by atoms with E-state index in [-0.39, 0.29) is 29.0 Å². The fourth-order valence-corrected chi connectivity index (χ4v) is 2.61. The van der Waals surface area contributed by atoms with Crippen LogP contribution >= 0.6 is 0 Å².